The zero-order valence-corrected chi connectivity index (χ0v) is 17.3. The van der Waals surface area contributed by atoms with Crippen LogP contribution >= 0.6 is 11.3 Å². The fourth-order valence-corrected chi connectivity index (χ4v) is 4.41. The summed E-state index contributed by atoms with van der Waals surface area (Å²) in [5.41, 5.74) is 1.80. The Morgan fingerprint density at radius 1 is 1.37 bits per heavy atom. The van der Waals surface area contributed by atoms with Crippen molar-refractivity contribution in [3.8, 4) is 16.3 Å². The van der Waals surface area contributed by atoms with Gasteiger partial charge in [-0.2, -0.15) is 0 Å². The third kappa shape index (κ3) is 5.08. The van der Waals surface area contributed by atoms with Crippen molar-refractivity contribution in [3.63, 3.8) is 0 Å². The monoisotopic (exact) mass is 387 g/mol. The molecule has 1 amide bonds. The molecule has 0 saturated carbocycles. The summed E-state index contributed by atoms with van der Waals surface area (Å²) in [6.07, 6.45) is 4.48. The summed E-state index contributed by atoms with van der Waals surface area (Å²) in [5, 5.41) is 3.94. The Labute approximate surface area is 165 Å². The van der Waals surface area contributed by atoms with Crippen molar-refractivity contribution in [2.75, 3.05) is 26.7 Å². The van der Waals surface area contributed by atoms with Crippen LogP contribution in [0.4, 0.5) is 0 Å². The second-order valence-electron chi connectivity index (χ2n) is 7.13. The molecule has 1 fully saturated rings. The predicted octanol–water partition coefficient (Wildman–Crippen LogP) is 4.12. The van der Waals surface area contributed by atoms with Crippen LogP contribution in [0.25, 0.3) is 10.6 Å². The van der Waals surface area contributed by atoms with Crippen LogP contribution in [-0.2, 0) is 0 Å². The first-order valence-electron chi connectivity index (χ1n) is 9.77. The maximum absolute atomic E-state index is 12.6. The number of nitrogens with one attached hydrogen (secondary N) is 1. The minimum Gasteiger partial charge on any atom is -0.494 e. The van der Waals surface area contributed by atoms with Crippen LogP contribution in [0, 0.1) is 6.92 Å². The second kappa shape index (κ2) is 9.33. The molecule has 146 valence electrons. The molecule has 2 aromatic rings. The standard InChI is InChI=1S/C21H29N3O2S/c1-4-14-26-18-9-7-16(8-10-18)21-23-15(2)19(27-21)20(25)22-12-11-17-6-5-13-24(17)3/h7-10,17H,4-6,11-14H2,1-3H3,(H,22,25). The second-order valence-corrected chi connectivity index (χ2v) is 8.13. The molecule has 27 heavy (non-hydrogen) atoms. The molecular weight excluding hydrogens is 358 g/mol. The number of benzene rings is 1. The van der Waals surface area contributed by atoms with Gasteiger partial charge in [0.1, 0.15) is 15.6 Å². The quantitative estimate of drug-likeness (QED) is 0.740. The van der Waals surface area contributed by atoms with Crippen molar-refractivity contribution in [3.05, 3.63) is 34.8 Å². The van der Waals surface area contributed by atoms with E-state index in [1.54, 1.807) is 0 Å². The lowest BCUT2D eigenvalue weighted by atomic mass is 10.1. The number of hydrogen-bond acceptors (Lipinski definition) is 5. The number of hydrogen-bond donors (Lipinski definition) is 1. The molecule has 1 aliphatic heterocycles. The normalized spacial score (nSPS) is 17.2. The number of thiazole rings is 1. The van der Waals surface area contributed by atoms with Crippen LogP contribution in [0.15, 0.2) is 24.3 Å². The zero-order chi connectivity index (χ0) is 19.2. The summed E-state index contributed by atoms with van der Waals surface area (Å²) in [7, 11) is 2.16. The molecule has 6 heteroatoms. The average Bonchev–Trinajstić information content (AvgIpc) is 3.26. The Morgan fingerprint density at radius 2 is 2.15 bits per heavy atom. The topological polar surface area (TPSA) is 54.5 Å². The number of aromatic nitrogens is 1. The number of carbonyl (C=O) groups excluding carboxylic acids is 1. The van der Waals surface area contributed by atoms with E-state index in [9.17, 15) is 4.79 Å². The third-order valence-electron chi connectivity index (χ3n) is 5.01. The van der Waals surface area contributed by atoms with E-state index in [0.717, 1.165) is 48.0 Å². The molecule has 5 nitrogen and oxygen atoms in total. The van der Waals surface area contributed by atoms with Crippen molar-refractivity contribution >= 4 is 17.2 Å². The van der Waals surface area contributed by atoms with Gasteiger partial charge >= 0.3 is 0 Å². The van der Waals surface area contributed by atoms with Gasteiger partial charge in [0.15, 0.2) is 0 Å². The number of likely N-dealkylation sites (tertiary alicyclic amines) is 1. The summed E-state index contributed by atoms with van der Waals surface area (Å²) < 4.78 is 5.62. The van der Waals surface area contributed by atoms with Gasteiger partial charge in [-0.05, 0) is 70.5 Å². The van der Waals surface area contributed by atoms with E-state index < -0.39 is 0 Å². The van der Waals surface area contributed by atoms with Gasteiger partial charge in [-0.3, -0.25) is 4.79 Å². The maximum Gasteiger partial charge on any atom is 0.263 e. The van der Waals surface area contributed by atoms with E-state index in [-0.39, 0.29) is 5.91 Å². The first kappa shape index (κ1) is 19.8. The Kier molecular flexibility index (Phi) is 6.85. The average molecular weight is 388 g/mol. The Balaban J connectivity index is 1.59. The van der Waals surface area contributed by atoms with E-state index >= 15 is 0 Å². The highest BCUT2D eigenvalue weighted by Crippen LogP contribution is 2.29. The molecule has 1 aromatic heterocycles. The van der Waals surface area contributed by atoms with Crippen LogP contribution in [0.2, 0.25) is 0 Å². The van der Waals surface area contributed by atoms with Crippen molar-refractivity contribution in [2.24, 2.45) is 0 Å². The Morgan fingerprint density at radius 3 is 2.81 bits per heavy atom. The molecule has 1 unspecified atom stereocenters. The molecule has 0 aliphatic carbocycles. The van der Waals surface area contributed by atoms with Crippen LogP contribution < -0.4 is 10.1 Å². The van der Waals surface area contributed by atoms with Gasteiger partial charge < -0.3 is 15.0 Å². The lowest BCUT2D eigenvalue weighted by Gasteiger charge is -2.19. The summed E-state index contributed by atoms with van der Waals surface area (Å²) in [6, 6.07) is 8.51. The molecule has 1 aliphatic rings. The molecule has 1 aromatic carbocycles. The van der Waals surface area contributed by atoms with Crippen LogP contribution in [0.5, 0.6) is 5.75 Å². The van der Waals surface area contributed by atoms with E-state index in [1.807, 2.05) is 31.2 Å². The van der Waals surface area contributed by atoms with Crippen molar-refractivity contribution in [1.82, 2.24) is 15.2 Å². The summed E-state index contributed by atoms with van der Waals surface area (Å²) in [5.74, 6) is 0.850. The lowest BCUT2D eigenvalue weighted by molar-refractivity contribution is 0.0953. The highest BCUT2D eigenvalue weighted by Gasteiger charge is 2.21. The Bertz CT molecular complexity index is 757. The van der Waals surface area contributed by atoms with Gasteiger partial charge in [0, 0.05) is 18.2 Å². The number of amides is 1. The zero-order valence-electron chi connectivity index (χ0n) is 16.5. The molecule has 1 atom stereocenters. The maximum atomic E-state index is 12.6. The van der Waals surface area contributed by atoms with Gasteiger partial charge in [-0.1, -0.05) is 6.92 Å². The summed E-state index contributed by atoms with van der Waals surface area (Å²) in [4.78, 5) is 20.3. The van der Waals surface area contributed by atoms with Crippen LogP contribution in [0.3, 0.4) is 0 Å². The van der Waals surface area contributed by atoms with Crippen LogP contribution in [-0.4, -0.2) is 48.6 Å². The van der Waals surface area contributed by atoms with E-state index in [0.29, 0.717) is 17.5 Å². The third-order valence-corrected chi connectivity index (χ3v) is 6.22. The molecular formula is C21H29N3O2S. The SMILES string of the molecule is CCCOc1ccc(-c2nc(C)c(C(=O)NCCC3CCCN3C)s2)cc1. The number of ether oxygens (including phenoxy) is 1. The lowest BCUT2D eigenvalue weighted by Crippen LogP contribution is -2.31. The Hall–Kier alpha value is -1.92. The fourth-order valence-electron chi connectivity index (χ4n) is 3.42. The van der Waals surface area contributed by atoms with Gasteiger partial charge in [0.2, 0.25) is 0 Å². The van der Waals surface area contributed by atoms with E-state index in [1.165, 1.54) is 24.2 Å². The number of nitrogens with zero attached hydrogens (tertiary/aromatic N) is 2. The van der Waals surface area contributed by atoms with Crippen molar-refractivity contribution < 1.29 is 9.53 Å². The molecule has 0 radical (unpaired) electrons. The minimum atomic E-state index is -0.0141. The van der Waals surface area contributed by atoms with E-state index in [4.69, 9.17) is 4.74 Å². The molecule has 3 rings (SSSR count). The predicted molar refractivity (Wildman–Crippen MR) is 111 cm³/mol. The highest BCUT2D eigenvalue weighted by molar-refractivity contribution is 7.17. The van der Waals surface area contributed by atoms with Crippen molar-refractivity contribution in [2.45, 2.75) is 45.6 Å². The molecule has 0 spiro atoms. The van der Waals surface area contributed by atoms with Crippen molar-refractivity contribution in [1.29, 1.82) is 0 Å². The number of carbonyl (C=O) groups is 1. The number of aryl methyl sites for hydroxylation is 1. The molecule has 2 heterocycles. The van der Waals surface area contributed by atoms with Gasteiger partial charge in [-0.25, -0.2) is 4.98 Å². The minimum absolute atomic E-state index is 0.0141. The highest BCUT2D eigenvalue weighted by atomic mass is 32.1. The van der Waals surface area contributed by atoms with E-state index in [2.05, 4.69) is 29.2 Å². The molecule has 1 saturated heterocycles. The van der Waals surface area contributed by atoms with Gasteiger partial charge in [0.05, 0.1) is 12.3 Å². The first-order chi connectivity index (χ1) is 13.1. The fraction of sp³-hybridized carbons (Fsp3) is 0.524. The van der Waals surface area contributed by atoms with Crippen LogP contribution in [0.1, 0.15) is 48.0 Å². The number of rotatable bonds is 8. The first-order valence-corrected chi connectivity index (χ1v) is 10.6. The largest absolute Gasteiger partial charge is 0.494 e. The van der Waals surface area contributed by atoms with Gasteiger partial charge in [-0.15, -0.1) is 11.3 Å². The summed E-state index contributed by atoms with van der Waals surface area (Å²) >= 11 is 1.45. The molecule has 1 N–H and O–H groups in total. The smallest absolute Gasteiger partial charge is 0.263 e. The summed E-state index contributed by atoms with van der Waals surface area (Å²) in [6.45, 7) is 6.59. The molecule has 0 bridgehead atoms. The van der Waals surface area contributed by atoms with Gasteiger partial charge in [0.25, 0.3) is 5.91 Å².